The molecule has 1 saturated carbocycles. The Hall–Kier alpha value is -3.43. The number of carbonyl (C=O) groups excluding carboxylic acids is 3. The second-order valence-corrected chi connectivity index (χ2v) is 11.8. The van der Waals surface area contributed by atoms with Gasteiger partial charge in [-0.3, -0.25) is 9.36 Å². The Kier molecular flexibility index (Phi) is 8.53. The van der Waals surface area contributed by atoms with Gasteiger partial charge in [0.25, 0.3) is 0 Å². The molecule has 0 radical (unpaired) electrons. The standard InChI is InChI=1S/C28H40N4O6/c1-9-19(16-32(24(34)37-26(2,3)4)25(35)38-27(5,6)7)14-20-15-28(20,23(33)36-8)21-17-31(18-30-21)22-12-10-11-13-29-22/h10-13,17-20H,9,14-16H2,1-8H3/t19?,20-,28+/m1/s1. The van der Waals surface area contributed by atoms with Gasteiger partial charge in [-0.1, -0.05) is 19.4 Å². The summed E-state index contributed by atoms with van der Waals surface area (Å²) in [5.41, 5.74) is -1.82. The molecule has 3 atom stereocenters. The minimum atomic E-state index is -0.884. The summed E-state index contributed by atoms with van der Waals surface area (Å²) in [7, 11) is 1.37. The highest BCUT2D eigenvalue weighted by Crippen LogP contribution is 2.57. The average molecular weight is 529 g/mol. The Morgan fingerprint density at radius 1 is 1.08 bits per heavy atom. The van der Waals surface area contributed by atoms with Gasteiger partial charge in [-0.25, -0.2) is 24.5 Å². The van der Waals surface area contributed by atoms with E-state index in [1.165, 1.54) is 7.11 Å². The zero-order valence-corrected chi connectivity index (χ0v) is 23.7. The van der Waals surface area contributed by atoms with E-state index in [-0.39, 0.29) is 24.3 Å². The van der Waals surface area contributed by atoms with Crippen molar-refractivity contribution in [2.45, 2.75) is 84.3 Å². The van der Waals surface area contributed by atoms with E-state index in [0.717, 1.165) is 4.90 Å². The first kappa shape index (κ1) is 29.1. The van der Waals surface area contributed by atoms with Gasteiger partial charge < -0.3 is 14.2 Å². The molecule has 0 aromatic carbocycles. The molecule has 10 nitrogen and oxygen atoms in total. The third-order valence-electron chi connectivity index (χ3n) is 6.47. The SMILES string of the molecule is CCC(C[C@@H]1C[C@@]1(C(=O)OC)c1cn(-c2ccccn2)cn1)CN(C(=O)OC(C)(C)C)C(=O)OC(C)(C)C. The van der Waals surface area contributed by atoms with Gasteiger partial charge >= 0.3 is 18.2 Å². The first-order chi connectivity index (χ1) is 17.7. The second-order valence-electron chi connectivity index (χ2n) is 11.8. The summed E-state index contributed by atoms with van der Waals surface area (Å²) in [6, 6.07) is 5.57. The van der Waals surface area contributed by atoms with E-state index in [2.05, 4.69) is 9.97 Å². The zero-order chi connectivity index (χ0) is 28.3. The van der Waals surface area contributed by atoms with Crippen LogP contribution < -0.4 is 0 Å². The molecule has 0 N–H and O–H groups in total. The van der Waals surface area contributed by atoms with Crippen LogP contribution in [0.1, 0.15) is 73.4 Å². The van der Waals surface area contributed by atoms with Crippen LogP contribution in [-0.4, -0.2) is 62.4 Å². The van der Waals surface area contributed by atoms with E-state index in [4.69, 9.17) is 14.2 Å². The number of aromatic nitrogens is 3. The average Bonchev–Trinajstić information content (AvgIpc) is 3.32. The Morgan fingerprint density at radius 3 is 2.21 bits per heavy atom. The Labute approximate surface area is 224 Å². The molecule has 2 aromatic heterocycles. The lowest BCUT2D eigenvalue weighted by Gasteiger charge is -2.30. The van der Waals surface area contributed by atoms with Gasteiger partial charge in [0.05, 0.1) is 12.8 Å². The van der Waals surface area contributed by atoms with Crippen LogP contribution in [0.25, 0.3) is 5.82 Å². The fourth-order valence-corrected chi connectivity index (χ4v) is 4.54. The van der Waals surface area contributed by atoms with Crippen molar-refractivity contribution in [2.75, 3.05) is 13.7 Å². The molecule has 1 aliphatic carbocycles. The fraction of sp³-hybridized carbons (Fsp3) is 0.607. The molecule has 0 aliphatic heterocycles. The van der Waals surface area contributed by atoms with Gasteiger partial charge in [0.1, 0.15) is 28.8 Å². The molecular formula is C28H40N4O6. The maximum absolute atomic E-state index is 13.0. The number of hydrogen-bond donors (Lipinski definition) is 0. The fourth-order valence-electron chi connectivity index (χ4n) is 4.54. The number of methoxy groups -OCH3 is 1. The summed E-state index contributed by atoms with van der Waals surface area (Å²) in [6.07, 6.45) is 5.47. The second kappa shape index (κ2) is 11.1. The number of rotatable bonds is 8. The van der Waals surface area contributed by atoms with Crippen LogP contribution in [0.2, 0.25) is 0 Å². The van der Waals surface area contributed by atoms with Gasteiger partial charge in [-0.2, -0.15) is 0 Å². The largest absolute Gasteiger partial charge is 0.468 e. The molecule has 1 aliphatic rings. The number of imide groups is 1. The molecule has 0 spiro atoms. The molecule has 0 saturated heterocycles. The maximum Gasteiger partial charge on any atom is 0.419 e. The van der Waals surface area contributed by atoms with Crippen LogP contribution in [0, 0.1) is 11.8 Å². The molecule has 0 bridgehead atoms. The molecule has 1 unspecified atom stereocenters. The van der Waals surface area contributed by atoms with Gasteiger partial charge in [0, 0.05) is 18.9 Å². The first-order valence-electron chi connectivity index (χ1n) is 13.0. The van der Waals surface area contributed by atoms with E-state index in [1.54, 1.807) is 58.6 Å². The van der Waals surface area contributed by atoms with Crippen molar-refractivity contribution < 1.29 is 28.6 Å². The molecule has 3 rings (SSSR count). The first-order valence-corrected chi connectivity index (χ1v) is 13.0. The minimum Gasteiger partial charge on any atom is -0.468 e. The number of nitrogens with zero attached hydrogens (tertiary/aromatic N) is 4. The number of hydrogen-bond acceptors (Lipinski definition) is 8. The Bertz CT molecular complexity index is 1110. The molecule has 2 aromatic rings. The van der Waals surface area contributed by atoms with E-state index in [0.29, 0.717) is 30.8 Å². The van der Waals surface area contributed by atoms with Crippen LogP contribution in [0.15, 0.2) is 36.9 Å². The quantitative estimate of drug-likeness (QED) is 0.336. The third-order valence-corrected chi connectivity index (χ3v) is 6.47. The van der Waals surface area contributed by atoms with E-state index in [1.807, 2.05) is 31.3 Å². The highest BCUT2D eigenvalue weighted by Gasteiger charge is 2.63. The lowest BCUT2D eigenvalue weighted by atomic mass is 9.92. The van der Waals surface area contributed by atoms with Crippen molar-refractivity contribution in [1.29, 1.82) is 0 Å². The van der Waals surface area contributed by atoms with Crippen LogP contribution in [-0.2, 0) is 24.4 Å². The van der Waals surface area contributed by atoms with Crippen molar-refractivity contribution >= 4 is 18.2 Å². The highest BCUT2D eigenvalue weighted by molar-refractivity contribution is 5.88. The number of imidazole rings is 1. The molecule has 2 amide bonds. The van der Waals surface area contributed by atoms with Crippen molar-refractivity contribution in [3.8, 4) is 5.82 Å². The zero-order valence-electron chi connectivity index (χ0n) is 23.7. The van der Waals surface area contributed by atoms with E-state index >= 15 is 0 Å². The summed E-state index contributed by atoms with van der Waals surface area (Å²) < 4.78 is 18.0. The lowest BCUT2D eigenvalue weighted by Crippen LogP contribution is -2.45. The van der Waals surface area contributed by atoms with Gasteiger partial charge in [0.15, 0.2) is 0 Å². The summed E-state index contributed by atoms with van der Waals surface area (Å²) in [5, 5.41) is 0. The van der Waals surface area contributed by atoms with E-state index in [9.17, 15) is 14.4 Å². The van der Waals surface area contributed by atoms with Gasteiger partial charge in [-0.05, 0) is 78.4 Å². The molecular weight excluding hydrogens is 488 g/mol. The van der Waals surface area contributed by atoms with Crippen molar-refractivity contribution in [2.24, 2.45) is 11.8 Å². The number of carbonyl (C=O) groups is 3. The number of esters is 1. The maximum atomic E-state index is 13.0. The molecule has 38 heavy (non-hydrogen) atoms. The topological polar surface area (TPSA) is 113 Å². The summed E-state index contributed by atoms with van der Waals surface area (Å²) in [5.74, 6) is 0.190. The summed E-state index contributed by atoms with van der Waals surface area (Å²) in [6.45, 7) is 12.6. The van der Waals surface area contributed by atoms with Crippen molar-refractivity contribution in [3.05, 3.63) is 42.6 Å². The third kappa shape index (κ3) is 6.90. The number of amides is 2. The number of ether oxygens (including phenoxy) is 3. The minimum absolute atomic E-state index is 0.0638. The van der Waals surface area contributed by atoms with E-state index < -0.39 is 28.8 Å². The van der Waals surface area contributed by atoms with Crippen LogP contribution in [0.5, 0.6) is 0 Å². The van der Waals surface area contributed by atoms with Crippen molar-refractivity contribution in [1.82, 2.24) is 19.4 Å². The van der Waals surface area contributed by atoms with Crippen LogP contribution >= 0.6 is 0 Å². The normalized spacial score (nSPS) is 19.8. The monoisotopic (exact) mass is 528 g/mol. The lowest BCUT2D eigenvalue weighted by molar-refractivity contribution is -0.144. The smallest absolute Gasteiger partial charge is 0.419 e. The van der Waals surface area contributed by atoms with Gasteiger partial charge in [0.2, 0.25) is 0 Å². The van der Waals surface area contributed by atoms with Crippen molar-refractivity contribution in [3.63, 3.8) is 0 Å². The highest BCUT2D eigenvalue weighted by atomic mass is 16.6. The number of pyridine rings is 1. The molecule has 208 valence electrons. The van der Waals surface area contributed by atoms with Crippen LogP contribution in [0.3, 0.4) is 0 Å². The predicted molar refractivity (Wildman–Crippen MR) is 141 cm³/mol. The molecule has 1 fully saturated rings. The molecule has 10 heteroatoms. The Morgan fingerprint density at radius 2 is 1.71 bits per heavy atom. The summed E-state index contributed by atoms with van der Waals surface area (Å²) in [4.78, 5) is 48.9. The van der Waals surface area contributed by atoms with Crippen LogP contribution in [0.4, 0.5) is 9.59 Å². The predicted octanol–water partition coefficient (Wildman–Crippen LogP) is 5.29. The molecule has 2 heterocycles. The summed E-state index contributed by atoms with van der Waals surface area (Å²) >= 11 is 0. The van der Waals surface area contributed by atoms with Gasteiger partial charge in [-0.15, -0.1) is 0 Å². The Balaban J connectivity index is 1.81.